The molecule has 0 saturated heterocycles. The standard InChI is InChI=1S/C12H10BrClFN3/c1-18(7-8-3-2-4-9(15)5-8)11-10(13)6-16-12(14)17-11/h2-6H,7H2,1H3. The van der Waals surface area contributed by atoms with Crippen molar-refractivity contribution in [2.45, 2.75) is 6.54 Å². The molecule has 0 saturated carbocycles. The molecule has 0 amide bonds. The molecule has 0 unspecified atom stereocenters. The topological polar surface area (TPSA) is 29.0 Å². The first kappa shape index (κ1) is 13.2. The molecule has 3 nitrogen and oxygen atoms in total. The molecular weight excluding hydrogens is 321 g/mol. The van der Waals surface area contributed by atoms with E-state index in [2.05, 4.69) is 25.9 Å². The molecule has 0 fully saturated rings. The monoisotopic (exact) mass is 329 g/mol. The number of anilines is 1. The van der Waals surface area contributed by atoms with Gasteiger partial charge < -0.3 is 4.90 Å². The molecule has 2 aromatic rings. The van der Waals surface area contributed by atoms with Gasteiger partial charge in [-0.1, -0.05) is 12.1 Å². The van der Waals surface area contributed by atoms with Gasteiger partial charge >= 0.3 is 0 Å². The van der Waals surface area contributed by atoms with Crippen LogP contribution in [0.25, 0.3) is 0 Å². The fraction of sp³-hybridized carbons (Fsp3) is 0.167. The van der Waals surface area contributed by atoms with Gasteiger partial charge in [0.25, 0.3) is 0 Å². The largest absolute Gasteiger partial charge is 0.354 e. The number of nitrogens with zero attached hydrogens (tertiary/aromatic N) is 3. The van der Waals surface area contributed by atoms with Crippen LogP contribution in [0.3, 0.4) is 0 Å². The van der Waals surface area contributed by atoms with Gasteiger partial charge in [-0.25, -0.2) is 9.37 Å². The number of hydrogen-bond acceptors (Lipinski definition) is 3. The first-order chi connectivity index (χ1) is 8.56. The smallest absolute Gasteiger partial charge is 0.224 e. The summed E-state index contributed by atoms with van der Waals surface area (Å²) in [4.78, 5) is 9.86. The average Bonchev–Trinajstić information content (AvgIpc) is 2.32. The average molecular weight is 331 g/mol. The van der Waals surface area contributed by atoms with Crippen molar-refractivity contribution in [1.29, 1.82) is 0 Å². The lowest BCUT2D eigenvalue weighted by atomic mass is 10.2. The van der Waals surface area contributed by atoms with Crippen molar-refractivity contribution in [1.82, 2.24) is 9.97 Å². The maximum Gasteiger partial charge on any atom is 0.224 e. The van der Waals surface area contributed by atoms with E-state index in [0.29, 0.717) is 12.4 Å². The predicted octanol–water partition coefficient (Wildman–Crippen LogP) is 3.67. The fourth-order valence-electron chi connectivity index (χ4n) is 1.59. The van der Waals surface area contributed by atoms with E-state index in [9.17, 15) is 4.39 Å². The second-order valence-electron chi connectivity index (χ2n) is 3.80. The Morgan fingerprint density at radius 1 is 1.44 bits per heavy atom. The lowest BCUT2D eigenvalue weighted by molar-refractivity contribution is 0.625. The zero-order valence-electron chi connectivity index (χ0n) is 9.57. The summed E-state index contributed by atoms with van der Waals surface area (Å²) >= 11 is 9.12. The van der Waals surface area contributed by atoms with Crippen LogP contribution >= 0.6 is 27.5 Å². The Balaban J connectivity index is 2.21. The van der Waals surface area contributed by atoms with Crippen molar-refractivity contribution in [3.63, 3.8) is 0 Å². The molecule has 2 rings (SSSR count). The summed E-state index contributed by atoms with van der Waals surface area (Å²) in [6.45, 7) is 0.531. The fourth-order valence-corrected chi connectivity index (χ4v) is 2.21. The highest BCUT2D eigenvalue weighted by molar-refractivity contribution is 9.10. The quantitative estimate of drug-likeness (QED) is 0.804. The number of rotatable bonds is 3. The molecule has 0 bridgehead atoms. The van der Waals surface area contributed by atoms with Gasteiger partial charge in [-0.2, -0.15) is 4.98 Å². The molecule has 1 aromatic carbocycles. The van der Waals surface area contributed by atoms with Crippen LogP contribution in [-0.4, -0.2) is 17.0 Å². The Hall–Kier alpha value is -1.20. The molecule has 0 atom stereocenters. The zero-order valence-corrected chi connectivity index (χ0v) is 11.9. The van der Waals surface area contributed by atoms with E-state index in [4.69, 9.17) is 11.6 Å². The highest BCUT2D eigenvalue weighted by Crippen LogP contribution is 2.24. The van der Waals surface area contributed by atoms with E-state index < -0.39 is 0 Å². The van der Waals surface area contributed by atoms with E-state index in [-0.39, 0.29) is 11.1 Å². The van der Waals surface area contributed by atoms with Crippen LogP contribution < -0.4 is 4.90 Å². The Bertz CT molecular complexity index is 565. The highest BCUT2D eigenvalue weighted by atomic mass is 79.9. The van der Waals surface area contributed by atoms with Crippen LogP contribution in [0.4, 0.5) is 10.2 Å². The lowest BCUT2D eigenvalue weighted by Gasteiger charge is -2.19. The molecule has 0 N–H and O–H groups in total. The first-order valence-corrected chi connectivity index (χ1v) is 6.37. The van der Waals surface area contributed by atoms with Crippen molar-refractivity contribution < 1.29 is 4.39 Å². The van der Waals surface area contributed by atoms with E-state index in [1.165, 1.54) is 12.1 Å². The van der Waals surface area contributed by atoms with Gasteiger partial charge in [-0.15, -0.1) is 0 Å². The van der Waals surface area contributed by atoms with Crippen LogP contribution in [0.2, 0.25) is 5.28 Å². The number of halogens is 3. The van der Waals surface area contributed by atoms with Crippen LogP contribution in [0, 0.1) is 5.82 Å². The number of benzene rings is 1. The molecular formula is C12H10BrClFN3. The van der Waals surface area contributed by atoms with Gasteiger partial charge in [0.05, 0.1) is 4.47 Å². The van der Waals surface area contributed by atoms with E-state index in [1.807, 2.05) is 18.0 Å². The molecule has 0 aliphatic carbocycles. The SMILES string of the molecule is CN(Cc1cccc(F)c1)c1nc(Cl)ncc1Br. The summed E-state index contributed by atoms with van der Waals surface area (Å²) in [5, 5.41) is 0.180. The van der Waals surface area contributed by atoms with E-state index in [0.717, 1.165) is 10.0 Å². The van der Waals surface area contributed by atoms with Crippen molar-refractivity contribution in [2.24, 2.45) is 0 Å². The maximum atomic E-state index is 13.1. The summed E-state index contributed by atoms with van der Waals surface area (Å²) in [5.74, 6) is 0.417. The molecule has 1 heterocycles. The van der Waals surface area contributed by atoms with E-state index in [1.54, 1.807) is 12.3 Å². The summed E-state index contributed by atoms with van der Waals surface area (Å²) < 4.78 is 13.8. The van der Waals surface area contributed by atoms with Crippen LogP contribution in [0.1, 0.15) is 5.56 Å². The first-order valence-electron chi connectivity index (χ1n) is 5.20. The minimum absolute atomic E-state index is 0.180. The van der Waals surface area contributed by atoms with Crippen molar-refractivity contribution in [3.8, 4) is 0 Å². The summed E-state index contributed by atoms with van der Waals surface area (Å²) in [6.07, 6.45) is 1.59. The zero-order chi connectivity index (χ0) is 13.1. The van der Waals surface area contributed by atoms with Gasteiger partial charge in [0.15, 0.2) is 0 Å². The van der Waals surface area contributed by atoms with Gasteiger partial charge in [0, 0.05) is 19.8 Å². The molecule has 0 aliphatic rings. The Kier molecular flexibility index (Phi) is 4.14. The Labute approximate surface area is 118 Å². The van der Waals surface area contributed by atoms with Crippen LogP contribution in [-0.2, 0) is 6.54 Å². The number of aromatic nitrogens is 2. The third-order valence-corrected chi connectivity index (χ3v) is 3.11. The van der Waals surface area contributed by atoms with Crippen molar-refractivity contribution in [3.05, 3.63) is 51.6 Å². The van der Waals surface area contributed by atoms with Gasteiger partial charge in [-0.05, 0) is 45.2 Å². The van der Waals surface area contributed by atoms with Crippen LogP contribution in [0.15, 0.2) is 34.9 Å². The van der Waals surface area contributed by atoms with Gasteiger partial charge in [0.2, 0.25) is 5.28 Å². The summed E-state index contributed by atoms with van der Waals surface area (Å²) in [5.41, 5.74) is 0.860. The number of hydrogen-bond donors (Lipinski definition) is 0. The van der Waals surface area contributed by atoms with Crippen molar-refractivity contribution >= 4 is 33.3 Å². The van der Waals surface area contributed by atoms with Crippen LogP contribution in [0.5, 0.6) is 0 Å². The second kappa shape index (κ2) is 5.63. The Morgan fingerprint density at radius 3 is 2.94 bits per heavy atom. The van der Waals surface area contributed by atoms with Gasteiger partial charge in [0.1, 0.15) is 11.6 Å². The van der Waals surface area contributed by atoms with E-state index >= 15 is 0 Å². The molecule has 0 aliphatic heterocycles. The second-order valence-corrected chi connectivity index (χ2v) is 4.99. The Morgan fingerprint density at radius 2 is 2.22 bits per heavy atom. The third kappa shape index (κ3) is 3.17. The van der Waals surface area contributed by atoms with Gasteiger partial charge in [-0.3, -0.25) is 0 Å². The summed E-state index contributed by atoms with van der Waals surface area (Å²) in [6, 6.07) is 6.45. The molecule has 94 valence electrons. The summed E-state index contributed by atoms with van der Waals surface area (Å²) in [7, 11) is 1.86. The highest BCUT2D eigenvalue weighted by Gasteiger charge is 2.10. The minimum atomic E-state index is -0.249. The molecule has 0 spiro atoms. The third-order valence-electron chi connectivity index (χ3n) is 2.37. The minimum Gasteiger partial charge on any atom is -0.354 e. The molecule has 18 heavy (non-hydrogen) atoms. The van der Waals surface area contributed by atoms with Crippen molar-refractivity contribution in [2.75, 3.05) is 11.9 Å². The predicted molar refractivity (Wildman–Crippen MR) is 73.2 cm³/mol. The molecule has 1 aromatic heterocycles. The maximum absolute atomic E-state index is 13.1. The molecule has 0 radical (unpaired) electrons. The lowest BCUT2D eigenvalue weighted by Crippen LogP contribution is -2.18. The molecule has 6 heteroatoms. The normalized spacial score (nSPS) is 10.4.